The Balaban J connectivity index is 0.000000534. The quantitative estimate of drug-likeness (QED) is 0.751. The molecule has 1 rings (SSSR count). The molecule has 0 fully saturated rings. The second kappa shape index (κ2) is 9.95. The van der Waals surface area contributed by atoms with E-state index in [0.717, 1.165) is 12.0 Å². The van der Waals surface area contributed by atoms with Crippen LogP contribution in [0.25, 0.3) is 0 Å². The van der Waals surface area contributed by atoms with Crippen molar-refractivity contribution < 1.29 is 24.9 Å². The SMILES string of the molecule is CC(C)Cc1ccc(C(C)C(=O)O)cc1.CCC(O)C(=O)O. The molecule has 3 N–H and O–H groups in total. The van der Waals surface area contributed by atoms with Crippen molar-refractivity contribution in [1.82, 2.24) is 0 Å². The molecule has 0 aromatic heterocycles. The van der Waals surface area contributed by atoms with Gasteiger partial charge in [0, 0.05) is 0 Å². The Morgan fingerprint density at radius 3 is 1.77 bits per heavy atom. The second-order valence-electron chi connectivity index (χ2n) is 5.66. The molecule has 0 saturated carbocycles. The fourth-order valence-corrected chi connectivity index (χ4v) is 1.73. The van der Waals surface area contributed by atoms with E-state index in [9.17, 15) is 9.59 Å². The smallest absolute Gasteiger partial charge is 0.332 e. The van der Waals surface area contributed by atoms with Crippen LogP contribution in [0.15, 0.2) is 24.3 Å². The molecule has 124 valence electrons. The molecule has 0 saturated heterocycles. The van der Waals surface area contributed by atoms with Gasteiger partial charge in [-0.05, 0) is 36.8 Å². The summed E-state index contributed by atoms with van der Waals surface area (Å²) in [6.07, 6.45) is 0.136. The van der Waals surface area contributed by atoms with Crippen LogP contribution in [-0.4, -0.2) is 33.4 Å². The van der Waals surface area contributed by atoms with E-state index in [1.165, 1.54) is 5.56 Å². The van der Waals surface area contributed by atoms with Gasteiger partial charge in [-0.15, -0.1) is 0 Å². The lowest BCUT2D eigenvalue weighted by atomic mass is 9.97. The Kier molecular flexibility index (Phi) is 9.10. The number of rotatable bonds is 6. The molecule has 0 spiro atoms. The topological polar surface area (TPSA) is 94.8 Å². The maximum Gasteiger partial charge on any atom is 0.332 e. The van der Waals surface area contributed by atoms with Crippen molar-refractivity contribution in [3.8, 4) is 0 Å². The molecule has 0 radical (unpaired) electrons. The first-order valence-corrected chi connectivity index (χ1v) is 7.41. The monoisotopic (exact) mass is 310 g/mol. The zero-order valence-corrected chi connectivity index (χ0v) is 13.6. The van der Waals surface area contributed by atoms with Gasteiger partial charge >= 0.3 is 11.9 Å². The standard InChI is InChI=1S/C13H18O2.C4H8O3/c1-9(2)8-11-4-6-12(7-5-11)10(3)13(14)15;1-2-3(5)4(6)7/h4-7,9-10H,8H2,1-3H3,(H,14,15);3,5H,2H2,1H3,(H,6,7). The molecule has 22 heavy (non-hydrogen) atoms. The average Bonchev–Trinajstić information content (AvgIpc) is 2.46. The number of hydrogen-bond acceptors (Lipinski definition) is 3. The molecule has 5 nitrogen and oxygen atoms in total. The van der Waals surface area contributed by atoms with Gasteiger partial charge < -0.3 is 15.3 Å². The molecule has 0 aliphatic heterocycles. The molecule has 1 aromatic rings. The number of aliphatic carboxylic acids is 2. The fraction of sp³-hybridized carbons (Fsp3) is 0.529. The Hall–Kier alpha value is -1.88. The molecule has 0 amide bonds. The third-order valence-electron chi connectivity index (χ3n) is 3.17. The number of carboxylic acids is 2. The van der Waals surface area contributed by atoms with E-state index < -0.39 is 24.0 Å². The minimum atomic E-state index is -1.18. The van der Waals surface area contributed by atoms with Crippen molar-refractivity contribution in [2.75, 3.05) is 0 Å². The van der Waals surface area contributed by atoms with Crippen LogP contribution < -0.4 is 0 Å². The second-order valence-corrected chi connectivity index (χ2v) is 5.66. The lowest BCUT2D eigenvalue weighted by Crippen LogP contribution is -2.17. The van der Waals surface area contributed by atoms with Crippen molar-refractivity contribution in [2.24, 2.45) is 5.92 Å². The Labute approximate surface area is 131 Å². The number of aliphatic hydroxyl groups is 1. The van der Waals surface area contributed by atoms with Crippen molar-refractivity contribution in [2.45, 2.75) is 52.6 Å². The first-order chi connectivity index (χ1) is 10.2. The summed E-state index contributed by atoms with van der Waals surface area (Å²) in [5.74, 6) is -1.71. The number of hydrogen-bond donors (Lipinski definition) is 3. The number of carbonyl (C=O) groups is 2. The van der Waals surface area contributed by atoms with Crippen LogP contribution in [0.4, 0.5) is 0 Å². The van der Waals surface area contributed by atoms with Gasteiger partial charge in [-0.1, -0.05) is 45.0 Å². The number of aliphatic hydroxyl groups excluding tert-OH is 1. The highest BCUT2D eigenvalue weighted by Gasteiger charge is 2.12. The summed E-state index contributed by atoms with van der Waals surface area (Å²) in [6, 6.07) is 7.87. The number of benzene rings is 1. The van der Waals surface area contributed by atoms with Gasteiger partial charge in [0.05, 0.1) is 5.92 Å². The zero-order chi connectivity index (χ0) is 17.3. The lowest BCUT2D eigenvalue weighted by Gasteiger charge is -2.09. The van der Waals surface area contributed by atoms with E-state index in [4.69, 9.17) is 15.3 Å². The van der Waals surface area contributed by atoms with E-state index in [-0.39, 0.29) is 6.42 Å². The Morgan fingerprint density at radius 1 is 1.00 bits per heavy atom. The minimum Gasteiger partial charge on any atom is -0.481 e. The summed E-state index contributed by atoms with van der Waals surface area (Å²) in [6.45, 7) is 7.67. The Morgan fingerprint density at radius 2 is 1.50 bits per heavy atom. The highest BCUT2D eigenvalue weighted by Crippen LogP contribution is 2.17. The largest absolute Gasteiger partial charge is 0.481 e. The fourth-order valence-electron chi connectivity index (χ4n) is 1.73. The molecule has 0 heterocycles. The van der Waals surface area contributed by atoms with E-state index in [1.807, 2.05) is 24.3 Å². The predicted molar refractivity (Wildman–Crippen MR) is 85.0 cm³/mol. The van der Waals surface area contributed by atoms with E-state index >= 15 is 0 Å². The van der Waals surface area contributed by atoms with Crippen LogP contribution in [0.2, 0.25) is 0 Å². The van der Waals surface area contributed by atoms with Gasteiger partial charge in [0.25, 0.3) is 0 Å². The first kappa shape index (κ1) is 20.1. The van der Waals surface area contributed by atoms with Crippen LogP contribution in [0, 0.1) is 5.92 Å². The van der Waals surface area contributed by atoms with E-state index in [2.05, 4.69) is 13.8 Å². The van der Waals surface area contributed by atoms with Gasteiger partial charge in [0.2, 0.25) is 0 Å². The molecule has 2 unspecified atom stereocenters. The van der Waals surface area contributed by atoms with Crippen LogP contribution in [0.3, 0.4) is 0 Å². The highest BCUT2D eigenvalue weighted by atomic mass is 16.4. The molecule has 0 aliphatic rings. The molecule has 2 atom stereocenters. The van der Waals surface area contributed by atoms with Crippen molar-refractivity contribution in [3.05, 3.63) is 35.4 Å². The minimum absolute atomic E-state index is 0.273. The summed E-state index contributed by atoms with van der Waals surface area (Å²) in [5.41, 5.74) is 2.14. The molecular weight excluding hydrogens is 284 g/mol. The normalized spacial score (nSPS) is 13.0. The summed E-state index contributed by atoms with van der Waals surface area (Å²) in [5, 5.41) is 25.1. The van der Waals surface area contributed by atoms with Crippen molar-refractivity contribution >= 4 is 11.9 Å². The summed E-state index contributed by atoms with van der Waals surface area (Å²) in [7, 11) is 0. The zero-order valence-electron chi connectivity index (χ0n) is 13.6. The van der Waals surface area contributed by atoms with Crippen LogP contribution >= 0.6 is 0 Å². The predicted octanol–water partition coefficient (Wildman–Crippen LogP) is 2.92. The van der Waals surface area contributed by atoms with E-state index in [1.54, 1.807) is 13.8 Å². The van der Waals surface area contributed by atoms with Gasteiger partial charge in [-0.3, -0.25) is 4.79 Å². The van der Waals surface area contributed by atoms with Crippen LogP contribution in [-0.2, 0) is 16.0 Å². The molecular formula is C17H26O5. The summed E-state index contributed by atoms with van der Waals surface area (Å²) < 4.78 is 0. The molecule has 0 aliphatic carbocycles. The maximum atomic E-state index is 10.8. The summed E-state index contributed by atoms with van der Waals surface area (Å²) in [4.78, 5) is 20.4. The third kappa shape index (κ3) is 7.78. The van der Waals surface area contributed by atoms with Gasteiger partial charge in [-0.25, -0.2) is 4.79 Å². The molecule has 0 bridgehead atoms. The highest BCUT2D eigenvalue weighted by molar-refractivity contribution is 5.75. The first-order valence-electron chi connectivity index (χ1n) is 7.41. The van der Waals surface area contributed by atoms with Gasteiger partial charge in [0.15, 0.2) is 6.10 Å². The van der Waals surface area contributed by atoms with Crippen LogP contribution in [0.1, 0.15) is 51.2 Å². The lowest BCUT2D eigenvalue weighted by molar-refractivity contribution is -0.146. The Bertz CT molecular complexity index is 464. The molecule has 1 aromatic carbocycles. The maximum absolute atomic E-state index is 10.8. The van der Waals surface area contributed by atoms with E-state index in [0.29, 0.717) is 5.92 Å². The third-order valence-corrected chi connectivity index (χ3v) is 3.17. The van der Waals surface area contributed by atoms with Gasteiger partial charge in [-0.2, -0.15) is 0 Å². The van der Waals surface area contributed by atoms with Crippen molar-refractivity contribution in [3.63, 3.8) is 0 Å². The molecule has 5 heteroatoms. The summed E-state index contributed by atoms with van der Waals surface area (Å²) >= 11 is 0. The van der Waals surface area contributed by atoms with Gasteiger partial charge in [0.1, 0.15) is 0 Å². The average molecular weight is 310 g/mol. The van der Waals surface area contributed by atoms with Crippen molar-refractivity contribution in [1.29, 1.82) is 0 Å². The van der Waals surface area contributed by atoms with Crippen LogP contribution in [0.5, 0.6) is 0 Å². The number of carboxylic acid groups (broad SMARTS) is 2.